The van der Waals surface area contributed by atoms with Gasteiger partial charge in [-0.05, 0) is 56.2 Å². The summed E-state index contributed by atoms with van der Waals surface area (Å²) in [6.07, 6.45) is 3.91. The van der Waals surface area contributed by atoms with Gasteiger partial charge in [0.25, 0.3) is 0 Å². The molecule has 0 aliphatic heterocycles. The van der Waals surface area contributed by atoms with E-state index in [1.807, 2.05) is 0 Å². The predicted octanol–water partition coefficient (Wildman–Crippen LogP) is 3.72. The molecular weight excluding hydrogens is 206 g/mol. The Morgan fingerprint density at radius 1 is 1.35 bits per heavy atom. The van der Waals surface area contributed by atoms with Gasteiger partial charge in [-0.15, -0.1) is 0 Å². The molecule has 0 amide bonds. The Morgan fingerprint density at radius 2 is 2.12 bits per heavy atom. The zero-order valence-corrected chi connectivity index (χ0v) is 11.6. The molecule has 1 aliphatic carbocycles. The van der Waals surface area contributed by atoms with Crippen LogP contribution in [0.25, 0.3) is 0 Å². The molecule has 2 unspecified atom stereocenters. The van der Waals surface area contributed by atoms with Crippen LogP contribution in [0.4, 0.5) is 0 Å². The van der Waals surface area contributed by atoms with E-state index in [0.717, 1.165) is 6.54 Å². The van der Waals surface area contributed by atoms with Gasteiger partial charge in [-0.1, -0.05) is 37.6 Å². The smallest absolute Gasteiger partial charge is 0.00756 e. The Labute approximate surface area is 106 Å². The lowest BCUT2D eigenvalue weighted by atomic mass is 9.78. The Bertz CT molecular complexity index is 397. The molecule has 1 nitrogen and oxygen atoms in total. The minimum absolute atomic E-state index is 0.380. The fourth-order valence-electron chi connectivity index (χ4n) is 3.44. The summed E-state index contributed by atoms with van der Waals surface area (Å²) in [5.41, 5.74) is 4.77. The molecule has 0 saturated heterocycles. The molecule has 1 saturated carbocycles. The zero-order valence-electron chi connectivity index (χ0n) is 11.6. The SMILES string of the molecule is CCNC1CCC(C)(c2ccc(C)cc2C)C1. The van der Waals surface area contributed by atoms with Crippen molar-refractivity contribution < 1.29 is 0 Å². The first-order chi connectivity index (χ1) is 8.05. The molecule has 2 rings (SSSR count). The van der Waals surface area contributed by atoms with E-state index in [1.165, 1.54) is 30.4 Å². The van der Waals surface area contributed by atoms with Crippen LogP contribution in [0.5, 0.6) is 0 Å². The van der Waals surface area contributed by atoms with Gasteiger partial charge in [0.15, 0.2) is 0 Å². The van der Waals surface area contributed by atoms with Crippen LogP contribution < -0.4 is 5.32 Å². The average molecular weight is 231 g/mol. The Hall–Kier alpha value is -0.820. The summed E-state index contributed by atoms with van der Waals surface area (Å²) in [5.74, 6) is 0. The monoisotopic (exact) mass is 231 g/mol. The van der Waals surface area contributed by atoms with Gasteiger partial charge < -0.3 is 5.32 Å². The van der Waals surface area contributed by atoms with Crippen LogP contribution in [0.3, 0.4) is 0 Å². The van der Waals surface area contributed by atoms with E-state index in [4.69, 9.17) is 0 Å². The quantitative estimate of drug-likeness (QED) is 0.836. The normalized spacial score (nSPS) is 28.6. The van der Waals surface area contributed by atoms with Gasteiger partial charge in [-0.2, -0.15) is 0 Å². The van der Waals surface area contributed by atoms with Gasteiger partial charge in [-0.3, -0.25) is 0 Å². The first-order valence-corrected chi connectivity index (χ1v) is 6.86. The van der Waals surface area contributed by atoms with Crippen LogP contribution in [-0.4, -0.2) is 12.6 Å². The molecule has 0 bridgehead atoms. The van der Waals surface area contributed by atoms with Crippen LogP contribution in [0.15, 0.2) is 18.2 Å². The molecule has 1 aromatic carbocycles. The lowest BCUT2D eigenvalue weighted by Crippen LogP contribution is -2.29. The molecular formula is C16H25N. The van der Waals surface area contributed by atoms with Crippen molar-refractivity contribution in [1.82, 2.24) is 5.32 Å². The molecule has 1 fully saturated rings. The van der Waals surface area contributed by atoms with Crippen molar-refractivity contribution in [2.75, 3.05) is 6.54 Å². The summed E-state index contributed by atoms with van der Waals surface area (Å²) in [5, 5.41) is 3.60. The minimum Gasteiger partial charge on any atom is -0.314 e. The van der Waals surface area contributed by atoms with E-state index in [2.05, 4.69) is 51.2 Å². The predicted molar refractivity (Wildman–Crippen MR) is 74.6 cm³/mol. The maximum absolute atomic E-state index is 3.60. The Kier molecular flexibility index (Phi) is 3.58. The highest BCUT2D eigenvalue weighted by molar-refractivity contribution is 5.37. The lowest BCUT2D eigenvalue weighted by molar-refractivity contribution is 0.456. The van der Waals surface area contributed by atoms with Crippen LogP contribution in [0.2, 0.25) is 0 Å². The second-order valence-corrected chi connectivity index (χ2v) is 5.88. The van der Waals surface area contributed by atoms with E-state index in [9.17, 15) is 0 Å². The van der Waals surface area contributed by atoms with Crippen molar-refractivity contribution in [2.45, 2.75) is 58.4 Å². The summed E-state index contributed by atoms with van der Waals surface area (Å²) in [6.45, 7) is 10.2. The third-order valence-electron chi connectivity index (χ3n) is 4.27. The second kappa shape index (κ2) is 4.81. The highest BCUT2D eigenvalue weighted by Crippen LogP contribution is 2.42. The van der Waals surface area contributed by atoms with Crippen molar-refractivity contribution in [2.24, 2.45) is 0 Å². The summed E-state index contributed by atoms with van der Waals surface area (Å²) in [6, 6.07) is 7.64. The number of nitrogens with one attached hydrogen (secondary N) is 1. The van der Waals surface area contributed by atoms with Crippen LogP contribution in [0.1, 0.15) is 49.8 Å². The average Bonchev–Trinajstić information content (AvgIpc) is 2.61. The van der Waals surface area contributed by atoms with Crippen molar-refractivity contribution in [3.05, 3.63) is 34.9 Å². The molecule has 0 aromatic heterocycles. The number of hydrogen-bond donors (Lipinski definition) is 1. The zero-order chi connectivity index (χ0) is 12.5. The van der Waals surface area contributed by atoms with Gasteiger partial charge in [0.2, 0.25) is 0 Å². The molecule has 94 valence electrons. The van der Waals surface area contributed by atoms with Crippen molar-refractivity contribution >= 4 is 0 Å². The van der Waals surface area contributed by atoms with Crippen molar-refractivity contribution in [3.8, 4) is 0 Å². The topological polar surface area (TPSA) is 12.0 Å². The number of benzene rings is 1. The highest BCUT2D eigenvalue weighted by Gasteiger charge is 2.36. The summed E-state index contributed by atoms with van der Waals surface area (Å²) < 4.78 is 0. The minimum atomic E-state index is 0.380. The fourth-order valence-corrected chi connectivity index (χ4v) is 3.44. The van der Waals surface area contributed by atoms with Crippen LogP contribution >= 0.6 is 0 Å². The lowest BCUT2D eigenvalue weighted by Gasteiger charge is -2.27. The van der Waals surface area contributed by atoms with Crippen LogP contribution in [0, 0.1) is 13.8 Å². The van der Waals surface area contributed by atoms with Gasteiger partial charge in [0, 0.05) is 6.04 Å². The van der Waals surface area contributed by atoms with E-state index in [-0.39, 0.29) is 0 Å². The van der Waals surface area contributed by atoms with E-state index in [1.54, 1.807) is 5.56 Å². The fraction of sp³-hybridized carbons (Fsp3) is 0.625. The van der Waals surface area contributed by atoms with Gasteiger partial charge in [0.05, 0.1) is 0 Å². The molecule has 0 heterocycles. The maximum Gasteiger partial charge on any atom is 0.00756 e. The van der Waals surface area contributed by atoms with E-state index >= 15 is 0 Å². The Morgan fingerprint density at radius 3 is 2.76 bits per heavy atom. The number of hydrogen-bond acceptors (Lipinski definition) is 1. The third-order valence-corrected chi connectivity index (χ3v) is 4.27. The molecule has 17 heavy (non-hydrogen) atoms. The summed E-state index contributed by atoms with van der Waals surface area (Å²) in [7, 11) is 0. The molecule has 2 atom stereocenters. The van der Waals surface area contributed by atoms with Crippen molar-refractivity contribution in [1.29, 1.82) is 0 Å². The molecule has 0 spiro atoms. The molecule has 0 radical (unpaired) electrons. The summed E-state index contributed by atoms with van der Waals surface area (Å²) >= 11 is 0. The van der Waals surface area contributed by atoms with Gasteiger partial charge in [-0.25, -0.2) is 0 Å². The number of rotatable bonds is 3. The second-order valence-electron chi connectivity index (χ2n) is 5.88. The van der Waals surface area contributed by atoms with E-state index in [0.29, 0.717) is 11.5 Å². The van der Waals surface area contributed by atoms with Crippen molar-refractivity contribution in [3.63, 3.8) is 0 Å². The largest absolute Gasteiger partial charge is 0.314 e. The first kappa shape index (κ1) is 12.6. The summed E-state index contributed by atoms with van der Waals surface area (Å²) in [4.78, 5) is 0. The van der Waals surface area contributed by atoms with E-state index < -0.39 is 0 Å². The number of aryl methyl sites for hydroxylation is 2. The van der Waals surface area contributed by atoms with Gasteiger partial charge in [0.1, 0.15) is 0 Å². The molecule has 1 heteroatoms. The van der Waals surface area contributed by atoms with Crippen LogP contribution in [-0.2, 0) is 5.41 Å². The Balaban J connectivity index is 2.21. The first-order valence-electron chi connectivity index (χ1n) is 6.86. The maximum atomic E-state index is 3.60. The third kappa shape index (κ3) is 2.55. The standard InChI is InChI=1S/C16H25N/c1-5-17-14-8-9-16(4,11-14)15-7-6-12(2)10-13(15)3/h6-7,10,14,17H,5,8-9,11H2,1-4H3. The van der Waals surface area contributed by atoms with Gasteiger partial charge >= 0.3 is 0 Å². The molecule has 1 N–H and O–H groups in total. The molecule has 1 aromatic rings. The highest BCUT2D eigenvalue weighted by atomic mass is 14.9. The molecule has 1 aliphatic rings.